The van der Waals surface area contributed by atoms with Gasteiger partial charge in [0.1, 0.15) is 0 Å². The molecule has 10 rings (SSSR count). The third-order valence-corrected chi connectivity index (χ3v) is 10.6. The lowest BCUT2D eigenvalue weighted by Crippen LogP contribution is -2.09. The second kappa shape index (κ2) is 13.4. The molecule has 0 saturated heterocycles. The highest BCUT2D eigenvalue weighted by Gasteiger charge is 2.19. The van der Waals surface area contributed by atoms with Crippen LogP contribution in [0.1, 0.15) is 0 Å². The molecular formula is C52H36N2. The van der Waals surface area contributed by atoms with Crippen molar-refractivity contribution in [3.05, 3.63) is 218 Å². The largest absolute Gasteiger partial charge is 0.311 e. The maximum absolute atomic E-state index is 2.46. The van der Waals surface area contributed by atoms with Gasteiger partial charge in [0.15, 0.2) is 0 Å². The molecular weight excluding hydrogens is 653 g/mol. The van der Waals surface area contributed by atoms with E-state index >= 15 is 0 Å². The molecule has 0 fully saturated rings. The van der Waals surface area contributed by atoms with Crippen molar-refractivity contribution in [3.8, 4) is 44.5 Å². The van der Waals surface area contributed by atoms with E-state index in [4.69, 9.17) is 0 Å². The summed E-state index contributed by atoms with van der Waals surface area (Å²) in [6.45, 7) is 0. The summed E-state index contributed by atoms with van der Waals surface area (Å²) in [6, 6.07) is 78.8. The fraction of sp³-hybridized carbons (Fsp3) is 0. The molecule has 2 heteroatoms. The van der Waals surface area contributed by atoms with Crippen molar-refractivity contribution in [3.63, 3.8) is 0 Å². The zero-order chi connectivity index (χ0) is 35.8. The van der Waals surface area contributed by atoms with Crippen LogP contribution in [0.5, 0.6) is 0 Å². The number of hydrogen-bond donors (Lipinski definition) is 0. The maximum atomic E-state index is 2.46. The first-order chi connectivity index (χ1) is 26.8. The molecule has 8 aromatic carbocycles. The predicted octanol–water partition coefficient (Wildman–Crippen LogP) is 14.4. The Balaban J connectivity index is 1.11. The number of pyridine rings is 1. The topological polar surface area (TPSA) is 7.65 Å². The number of fused-ring (bicyclic) bond motifs is 5. The molecule has 54 heavy (non-hydrogen) atoms. The summed E-state index contributed by atoms with van der Waals surface area (Å²) in [4.78, 5) is 2.35. The number of benzene rings is 8. The van der Waals surface area contributed by atoms with E-state index in [1.165, 1.54) is 71.8 Å². The minimum absolute atomic E-state index is 1.10. The summed E-state index contributed by atoms with van der Waals surface area (Å²) < 4.78 is 2.46. The number of hydrogen-bond acceptors (Lipinski definition) is 1. The Morgan fingerprint density at radius 3 is 1.31 bits per heavy atom. The molecule has 0 aliphatic rings. The lowest BCUT2D eigenvalue weighted by atomic mass is 9.98. The molecule has 0 radical (unpaired) electrons. The lowest BCUT2D eigenvalue weighted by Gasteiger charge is -2.26. The molecule has 0 amide bonds. The fourth-order valence-electron chi connectivity index (χ4n) is 8.01. The molecule has 2 heterocycles. The molecule has 254 valence electrons. The average Bonchev–Trinajstić information content (AvgIpc) is 3.61. The molecule has 0 unspecified atom stereocenters. The summed E-state index contributed by atoms with van der Waals surface area (Å²) in [5, 5.41) is 2.47. The van der Waals surface area contributed by atoms with Crippen molar-refractivity contribution in [1.29, 1.82) is 0 Å². The van der Waals surface area contributed by atoms with Gasteiger partial charge in [-0.25, -0.2) is 0 Å². The molecule has 10 aromatic rings. The molecule has 2 nitrogen and oxygen atoms in total. The van der Waals surface area contributed by atoms with Crippen LogP contribution in [0.2, 0.25) is 0 Å². The highest BCUT2D eigenvalue weighted by Crippen LogP contribution is 2.43. The van der Waals surface area contributed by atoms with Crippen molar-refractivity contribution in [2.75, 3.05) is 4.90 Å². The zero-order valence-electron chi connectivity index (χ0n) is 29.7. The van der Waals surface area contributed by atoms with Crippen LogP contribution in [0.15, 0.2) is 218 Å². The highest BCUT2D eigenvalue weighted by atomic mass is 15.1. The molecule has 0 aliphatic carbocycles. The molecule has 0 aliphatic heterocycles. The number of rotatable bonds is 7. The Hall–Kier alpha value is -7.16. The Bertz CT molecular complexity index is 2790. The quantitative estimate of drug-likeness (QED) is 0.162. The van der Waals surface area contributed by atoms with Crippen LogP contribution in [-0.4, -0.2) is 4.40 Å². The summed E-state index contributed by atoms with van der Waals surface area (Å²) in [7, 11) is 0. The summed E-state index contributed by atoms with van der Waals surface area (Å²) >= 11 is 0. The first-order valence-corrected chi connectivity index (χ1v) is 18.5. The van der Waals surface area contributed by atoms with Crippen molar-refractivity contribution < 1.29 is 0 Å². The molecule has 0 bridgehead atoms. The Morgan fingerprint density at radius 1 is 0.296 bits per heavy atom. The fourth-order valence-corrected chi connectivity index (χ4v) is 8.01. The summed E-state index contributed by atoms with van der Waals surface area (Å²) in [6.07, 6.45) is 0. The Morgan fingerprint density at radius 2 is 0.759 bits per heavy atom. The highest BCUT2D eigenvalue weighted by molar-refractivity contribution is 6.13. The van der Waals surface area contributed by atoms with Gasteiger partial charge in [0.05, 0.1) is 16.6 Å². The van der Waals surface area contributed by atoms with E-state index < -0.39 is 0 Å². The number of para-hydroxylation sites is 2. The monoisotopic (exact) mass is 688 g/mol. The van der Waals surface area contributed by atoms with Gasteiger partial charge in [-0.1, -0.05) is 170 Å². The van der Waals surface area contributed by atoms with Gasteiger partial charge in [0.2, 0.25) is 0 Å². The lowest BCUT2D eigenvalue weighted by molar-refractivity contribution is 1.28. The van der Waals surface area contributed by atoms with Gasteiger partial charge in [-0.15, -0.1) is 0 Å². The van der Waals surface area contributed by atoms with Crippen LogP contribution < -0.4 is 4.90 Å². The van der Waals surface area contributed by atoms with Gasteiger partial charge >= 0.3 is 0 Å². The van der Waals surface area contributed by atoms with Crippen LogP contribution in [0.3, 0.4) is 0 Å². The molecule has 0 saturated carbocycles. The van der Waals surface area contributed by atoms with Crippen LogP contribution >= 0.6 is 0 Å². The van der Waals surface area contributed by atoms with E-state index in [9.17, 15) is 0 Å². The second-order valence-corrected chi connectivity index (χ2v) is 13.8. The normalized spacial score (nSPS) is 11.3. The first kappa shape index (κ1) is 31.6. The molecule has 0 N–H and O–H groups in total. The summed E-state index contributed by atoms with van der Waals surface area (Å²) in [5.41, 5.74) is 16.6. The maximum Gasteiger partial charge on any atom is 0.0619 e. The Kier molecular flexibility index (Phi) is 7.85. The van der Waals surface area contributed by atoms with Gasteiger partial charge in [-0.05, 0) is 87.3 Å². The minimum Gasteiger partial charge on any atom is -0.311 e. The van der Waals surface area contributed by atoms with Crippen molar-refractivity contribution in [2.24, 2.45) is 0 Å². The van der Waals surface area contributed by atoms with E-state index in [2.05, 4.69) is 228 Å². The standard InChI is InChI=1S/C52H36N2/c1-4-13-37(14-5-1)39-23-30-44(31-24-39)53(45-32-25-40(26-33-45)38-15-6-2-7-16-38)46-34-27-41(28-35-46)47-20-12-21-48-51(43-18-8-3-9-19-43)50-36-29-42-17-10-11-22-49(42)54(50)52(47)48/h1-36H. The number of anilines is 3. The smallest absolute Gasteiger partial charge is 0.0619 e. The van der Waals surface area contributed by atoms with Crippen LogP contribution in [0.25, 0.3) is 71.8 Å². The predicted molar refractivity (Wildman–Crippen MR) is 229 cm³/mol. The van der Waals surface area contributed by atoms with E-state index in [-0.39, 0.29) is 0 Å². The van der Waals surface area contributed by atoms with Crippen LogP contribution in [0, 0.1) is 0 Å². The Labute approximate surface area is 315 Å². The molecule has 0 atom stereocenters. The van der Waals surface area contributed by atoms with Gasteiger partial charge in [0, 0.05) is 33.6 Å². The minimum atomic E-state index is 1.10. The third-order valence-electron chi connectivity index (χ3n) is 10.6. The van der Waals surface area contributed by atoms with Crippen LogP contribution in [-0.2, 0) is 0 Å². The zero-order valence-corrected chi connectivity index (χ0v) is 29.7. The van der Waals surface area contributed by atoms with Gasteiger partial charge in [-0.3, -0.25) is 0 Å². The van der Waals surface area contributed by atoms with E-state index in [0.717, 1.165) is 17.1 Å². The van der Waals surface area contributed by atoms with E-state index in [1.54, 1.807) is 0 Å². The molecule has 0 spiro atoms. The van der Waals surface area contributed by atoms with E-state index in [0.29, 0.717) is 0 Å². The van der Waals surface area contributed by atoms with Gasteiger partial charge in [0.25, 0.3) is 0 Å². The van der Waals surface area contributed by atoms with Crippen molar-refractivity contribution in [2.45, 2.75) is 0 Å². The number of aromatic nitrogens is 1. The van der Waals surface area contributed by atoms with Gasteiger partial charge < -0.3 is 9.30 Å². The number of nitrogens with zero attached hydrogens (tertiary/aromatic N) is 2. The molecule has 2 aromatic heterocycles. The summed E-state index contributed by atoms with van der Waals surface area (Å²) in [5.74, 6) is 0. The van der Waals surface area contributed by atoms with Crippen LogP contribution in [0.4, 0.5) is 17.1 Å². The van der Waals surface area contributed by atoms with Crippen molar-refractivity contribution in [1.82, 2.24) is 4.40 Å². The first-order valence-electron chi connectivity index (χ1n) is 18.5. The second-order valence-electron chi connectivity index (χ2n) is 13.8. The third kappa shape index (κ3) is 5.53. The SMILES string of the molecule is c1ccc(-c2ccc(N(c3ccc(-c4ccccc4)cc3)c3ccc(-c4cccc5c(-c6ccccc6)c6ccc7ccccc7n6c45)cc3)cc2)cc1. The van der Waals surface area contributed by atoms with Gasteiger partial charge in [-0.2, -0.15) is 0 Å². The van der Waals surface area contributed by atoms with E-state index in [1.807, 2.05) is 0 Å². The average molecular weight is 689 g/mol. The van der Waals surface area contributed by atoms with Crippen molar-refractivity contribution >= 4 is 44.4 Å².